The van der Waals surface area contributed by atoms with Gasteiger partial charge in [-0.3, -0.25) is 0 Å². The number of carbonyl (C=O) groups is 2. The minimum absolute atomic E-state index is 0.0184. The highest BCUT2D eigenvalue weighted by molar-refractivity contribution is 5.85. The van der Waals surface area contributed by atoms with E-state index in [1.54, 1.807) is 6.92 Å². The molecule has 1 aliphatic heterocycles. The van der Waals surface area contributed by atoms with Crippen LogP contribution in [0.1, 0.15) is 47.5 Å². The fourth-order valence-electron chi connectivity index (χ4n) is 2.52. The molecule has 0 radical (unpaired) electrons. The number of hydrogen-bond donors (Lipinski definition) is 2. The molecule has 0 spiro atoms. The molecular formula is C14H26N2O4. The maximum Gasteiger partial charge on any atom is 0.329 e. The number of nitrogens with one attached hydrogen (secondary N) is 1. The first kappa shape index (κ1) is 16.8. The molecule has 1 rings (SSSR count). The lowest BCUT2D eigenvalue weighted by atomic mass is 9.94. The highest BCUT2D eigenvalue weighted by atomic mass is 16.5. The van der Waals surface area contributed by atoms with Crippen LogP contribution >= 0.6 is 0 Å². The van der Waals surface area contributed by atoms with E-state index in [-0.39, 0.29) is 17.7 Å². The molecule has 116 valence electrons. The van der Waals surface area contributed by atoms with Crippen molar-refractivity contribution in [1.82, 2.24) is 10.2 Å². The summed E-state index contributed by atoms with van der Waals surface area (Å²) in [6.07, 6.45) is 1.48. The molecule has 1 unspecified atom stereocenters. The second-order valence-electron chi connectivity index (χ2n) is 6.36. The number of ether oxygens (including phenoxy) is 1. The Kier molecular flexibility index (Phi) is 5.02. The molecule has 2 amide bonds. The number of carbonyl (C=O) groups excluding carboxylic acids is 1. The lowest BCUT2D eigenvalue weighted by Gasteiger charge is -2.39. The molecule has 0 aromatic carbocycles. The zero-order valence-electron chi connectivity index (χ0n) is 13.0. The van der Waals surface area contributed by atoms with E-state index in [9.17, 15) is 14.7 Å². The van der Waals surface area contributed by atoms with Crippen LogP contribution in [0.25, 0.3) is 0 Å². The number of carboxylic acids is 1. The van der Waals surface area contributed by atoms with Gasteiger partial charge < -0.3 is 20.1 Å². The van der Waals surface area contributed by atoms with Crippen molar-refractivity contribution < 1.29 is 19.4 Å². The van der Waals surface area contributed by atoms with Gasteiger partial charge in [0.1, 0.15) is 5.54 Å². The van der Waals surface area contributed by atoms with Gasteiger partial charge in [0.2, 0.25) is 0 Å². The van der Waals surface area contributed by atoms with Gasteiger partial charge in [0.15, 0.2) is 0 Å². The van der Waals surface area contributed by atoms with Gasteiger partial charge in [0, 0.05) is 19.2 Å². The van der Waals surface area contributed by atoms with Gasteiger partial charge in [0.25, 0.3) is 0 Å². The molecule has 1 fully saturated rings. The van der Waals surface area contributed by atoms with Crippen LogP contribution in [0.5, 0.6) is 0 Å². The molecule has 0 saturated carbocycles. The summed E-state index contributed by atoms with van der Waals surface area (Å²) in [6.45, 7) is 9.77. The SMILES string of the molecule is CCN(C(=O)NC1CCOC(C)(C)C1)C(C)(C)C(=O)O. The van der Waals surface area contributed by atoms with E-state index in [0.717, 1.165) is 12.8 Å². The van der Waals surface area contributed by atoms with E-state index < -0.39 is 11.5 Å². The molecule has 0 bridgehead atoms. The Morgan fingerprint density at radius 2 is 2.05 bits per heavy atom. The second-order valence-corrected chi connectivity index (χ2v) is 6.36. The minimum atomic E-state index is -1.22. The molecule has 1 aliphatic rings. The summed E-state index contributed by atoms with van der Waals surface area (Å²) in [6, 6.07) is -0.313. The molecule has 0 aliphatic carbocycles. The Morgan fingerprint density at radius 1 is 1.45 bits per heavy atom. The van der Waals surface area contributed by atoms with Crippen molar-refractivity contribution in [3.63, 3.8) is 0 Å². The topological polar surface area (TPSA) is 78.9 Å². The van der Waals surface area contributed by atoms with Gasteiger partial charge >= 0.3 is 12.0 Å². The third kappa shape index (κ3) is 3.85. The first-order valence-corrected chi connectivity index (χ1v) is 7.05. The zero-order valence-corrected chi connectivity index (χ0v) is 13.0. The molecule has 6 heteroatoms. The molecule has 2 N–H and O–H groups in total. The predicted octanol–water partition coefficient (Wildman–Crippen LogP) is 1.84. The van der Waals surface area contributed by atoms with Crippen molar-refractivity contribution in [2.45, 2.75) is 64.6 Å². The average Bonchev–Trinajstić information content (AvgIpc) is 2.27. The molecule has 6 nitrogen and oxygen atoms in total. The Bertz CT molecular complexity index is 379. The lowest BCUT2D eigenvalue weighted by Crippen LogP contribution is -2.58. The van der Waals surface area contributed by atoms with Crippen molar-refractivity contribution in [3.05, 3.63) is 0 Å². The molecule has 1 atom stereocenters. The van der Waals surface area contributed by atoms with Crippen molar-refractivity contribution in [3.8, 4) is 0 Å². The van der Waals surface area contributed by atoms with Gasteiger partial charge in [-0.1, -0.05) is 0 Å². The Balaban J connectivity index is 2.71. The first-order chi connectivity index (χ1) is 9.10. The summed E-state index contributed by atoms with van der Waals surface area (Å²) in [5.74, 6) is -1.01. The predicted molar refractivity (Wildman–Crippen MR) is 75.7 cm³/mol. The number of carboxylic acid groups (broad SMARTS) is 1. The molecule has 0 aromatic heterocycles. The second kappa shape index (κ2) is 5.99. The zero-order chi connectivity index (χ0) is 15.6. The van der Waals surface area contributed by atoms with Crippen LogP contribution in [0.3, 0.4) is 0 Å². The average molecular weight is 286 g/mol. The third-order valence-corrected chi connectivity index (χ3v) is 3.78. The quantitative estimate of drug-likeness (QED) is 0.826. The molecule has 1 saturated heterocycles. The van der Waals surface area contributed by atoms with Gasteiger partial charge in [-0.2, -0.15) is 0 Å². The lowest BCUT2D eigenvalue weighted by molar-refractivity contribution is -0.147. The Hall–Kier alpha value is -1.30. The third-order valence-electron chi connectivity index (χ3n) is 3.78. The van der Waals surface area contributed by atoms with Crippen LogP contribution in [-0.2, 0) is 9.53 Å². The van der Waals surface area contributed by atoms with E-state index in [1.807, 2.05) is 13.8 Å². The number of hydrogen-bond acceptors (Lipinski definition) is 3. The van der Waals surface area contributed by atoms with Crippen molar-refractivity contribution in [2.24, 2.45) is 0 Å². The van der Waals surface area contributed by atoms with Crippen molar-refractivity contribution >= 4 is 12.0 Å². The Labute approximate surface area is 120 Å². The fourth-order valence-corrected chi connectivity index (χ4v) is 2.52. The van der Waals surface area contributed by atoms with E-state index in [4.69, 9.17) is 4.74 Å². The molecular weight excluding hydrogens is 260 g/mol. The minimum Gasteiger partial charge on any atom is -0.480 e. The van der Waals surface area contributed by atoms with Crippen molar-refractivity contribution in [1.29, 1.82) is 0 Å². The normalized spacial score (nSPS) is 22.1. The summed E-state index contributed by atoms with van der Waals surface area (Å²) < 4.78 is 5.61. The van der Waals surface area contributed by atoms with Crippen LogP contribution in [0.2, 0.25) is 0 Å². The number of likely N-dealkylation sites (N-methyl/N-ethyl adjacent to an activating group) is 1. The van der Waals surface area contributed by atoms with Gasteiger partial charge in [-0.15, -0.1) is 0 Å². The molecule has 1 heterocycles. The van der Waals surface area contributed by atoms with Crippen LogP contribution in [0.15, 0.2) is 0 Å². The Morgan fingerprint density at radius 3 is 2.50 bits per heavy atom. The van der Waals surface area contributed by atoms with Crippen LogP contribution < -0.4 is 5.32 Å². The van der Waals surface area contributed by atoms with E-state index in [0.29, 0.717) is 13.2 Å². The van der Waals surface area contributed by atoms with Crippen LogP contribution in [0.4, 0.5) is 4.79 Å². The van der Waals surface area contributed by atoms with Crippen LogP contribution in [-0.4, -0.2) is 52.3 Å². The van der Waals surface area contributed by atoms with Crippen molar-refractivity contribution in [2.75, 3.05) is 13.2 Å². The fraction of sp³-hybridized carbons (Fsp3) is 0.857. The maximum atomic E-state index is 12.3. The summed E-state index contributed by atoms with van der Waals surface area (Å²) in [4.78, 5) is 24.9. The summed E-state index contributed by atoms with van der Waals surface area (Å²) >= 11 is 0. The highest BCUT2D eigenvalue weighted by Gasteiger charge is 2.38. The highest BCUT2D eigenvalue weighted by Crippen LogP contribution is 2.24. The standard InChI is InChI=1S/C14H26N2O4/c1-6-16(14(4,5)11(17)18)12(19)15-10-7-8-20-13(2,3)9-10/h10H,6-9H2,1-5H3,(H,15,19)(H,17,18). The van der Waals surface area contributed by atoms with Crippen LogP contribution in [0, 0.1) is 0 Å². The summed E-state index contributed by atoms with van der Waals surface area (Å²) in [5.41, 5.74) is -1.48. The smallest absolute Gasteiger partial charge is 0.329 e. The summed E-state index contributed by atoms with van der Waals surface area (Å²) in [7, 11) is 0. The summed E-state index contributed by atoms with van der Waals surface area (Å²) in [5, 5.41) is 12.2. The number of urea groups is 1. The van der Waals surface area contributed by atoms with E-state index in [2.05, 4.69) is 5.32 Å². The van der Waals surface area contributed by atoms with E-state index >= 15 is 0 Å². The van der Waals surface area contributed by atoms with Gasteiger partial charge in [-0.05, 0) is 47.5 Å². The number of rotatable bonds is 4. The molecule has 0 aromatic rings. The monoisotopic (exact) mass is 286 g/mol. The maximum absolute atomic E-state index is 12.3. The number of amides is 2. The number of aliphatic carboxylic acids is 1. The van der Waals surface area contributed by atoms with Gasteiger partial charge in [-0.25, -0.2) is 9.59 Å². The first-order valence-electron chi connectivity index (χ1n) is 7.05. The largest absolute Gasteiger partial charge is 0.480 e. The van der Waals surface area contributed by atoms with E-state index in [1.165, 1.54) is 18.7 Å². The molecule has 20 heavy (non-hydrogen) atoms. The number of nitrogens with zero attached hydrogens (tertiary/aromatic N) is 1. The van der Waals surface area contributed by atoms with Gasteiger partial charge in [0.05, 0.1) is 5.60 Å².